The minimum absolute atomic E-state index is 0.165. The molecule has 34 heavy (non-hydrogen) atoms. The van der Waals surface area contributed by atoms with Gasteiger partial charge in [0.1, 0.15) is 11.6 Å². The number of ether oxygens (including phenoxy) is 1. The number of carbonyl (C=O) groups is 3. The molecule has 0 aliphatic carbocycles. The third-order valence-electron chi connectivity index (χ3n) is 6.75. The van der Waals surface area contributed by atoms with Crippen molar-refractivity contribution in [1.29, 1.82) is 0 Å². The van der Waals surface area contributed by atoms with Crippen LogP contribution in [0.25, 0.3) is 11.0 Å². The fraction of sp³-hybridized carbons (Fsp3) is 0.600. The number of aromatic nitrogens is 2. The molecule has 9 nitrogen and oxygen atoms in total. The number of imidazole rings is 1. The standard InChI is InChI=1S/C25H34N4O5/c1-25(2,3)34-22(31)11-14-28-12-9-16(10-13-28)17-5-6-18-20(15-17)27(4)24(33)29(18)19-7-8-21(30)26-23(19)32/h5-6,15-16,19H,7-14H2,1-4H3,(H,26,30,32). The van der Waals surface area contributed by atoms with Crippen LogP contribution in [0.4, 0.5) is 0 Å². The van der Waals surface area contributed by atoms with E-state index in [0.717, 1.165) is 31.4 Å². The summed E-state index contributed by atoms with van der Waals surface area (Å²) in [4.78, 5) is 51.2. The Morgan fingerprint density at radius 1 is 1.09 bits per heavy atom. The van der Waals surface area contributed by atoms with E-state index in [2.05, 4.69) is 16.3 Å². The molecule has 1 N–H and O–H groups in total. The molecular weight excluding hydrogens is 436 g/mol. The third-order valence-corrected chi connectivity index (χ3v) is 6.75. The summed E-state index contributed by atoms with van der Waals surface area (Å²) in [5.74, 6) is -0.513. The fourth-order valence-electron chi connectivity index (χ4n) is 5.00. The first-order valence-electron chi connectivity index (χ1n) is 12.0. The Bertz CT molecular complexity index is 1160. The van der Waals surface area contributed by atoms with Gasteiger partial charge in [0.15, 0.2) is 0 Å². The second-order valence-corrected chi connectivity index (χ2v) is 10.4. The largest absolute Gasteiger partial charge is 0.460 e. The van der Waals surface area contributed by atoms with E-state index in [1.165, 1.54) is 10.1 Å². The zero-order valence-electron chi connectivity index (χ0n) is 20.4. The SMILES string of the molecule is Cn1c(=O)n(C2CCC(=O)NC2=O)c2ccc(C3CCN(CCC(=O)OC(C)(C)C)CC3)cc21. The first-order valence-corrected chi connectivity index (χ1v) is 12.0. The van der Waals surface area contributed by atoms with Crippen molar-refractivity contribution >= 4 is 28.8 Å². The van der Waals surface area contributed by atoms with Crippen LogP contribution in [0.5, 0.6) is 0 Å². The van der Waals surface area contributed by atoms with Crippen LogP contribution >= 0.6 is 0 Å². The number of piperidine rings is 2. The molecule has 1 atom stereocenters. The van der Waals surface area contributed by atoms with Gasteiger partial charge in [-0.15, -0.1) is 0 Å². The molecule has 0 spiro atoms. The van der Waals surface area contributed by atoms with E-state index in [1.807, 2.05) is 32.9 Å². The van der Waals surface area contributed by atoms with Crippen molar-refractivity contribution in [1.82, 2.24) is 19.4 Å². The number of benzene rings is 1. The van der Waals surface area contributed by atoms with Crippen LogP contribution in [0, 0.1) is 0 Å². The number of carbonyl (C=O) groups excluding carboxylic acids is 3. The van der Waals surface area contributed by atoms with Crippen molar-refractivity contribution in [2.24, 2.45) is 7.05 Å². The van der Waals surface area contributed by atoms with Gasteiger partial charge in [-0.3, -0.25) is 28.8 Å². The third kappa shape index (κ3) is 5.09. The fourth-order valence-corrected chi connectivity index (χ4v) is 5.00. The Kier molecular flexibility index (Phi) is 6.66. The molecule has 1 aromatic heterocycles. The van der Waals surface area contributed by atoms with Crippen molar-refractivity contribution in [3.05, 3.63) is 34.2 Å². The molecule has 2 saturated heterocycles. The summed E-state index contributed by atoms with van der Waals surface area (Å²) in [7, 11) is 1.72. The van der Waals surface area contributed by atoms with Gasteiger partial charge in [0, 0.05) is 20.0 Å². The number of hydrogen-bond donors (Lipinski definition) is 1. The smallest absolute Gasteiger partial charge is 0.329 e. The molecule has 0 radical (unpaired) electrons. The number of aryl methyl sites for hydroxylation is 1. The van der Waals surface area contributed by atoms with Gasteiger partial charge in [-0.25, -0.2) is 4.79 Å². The summed E-state index contributed by atoms with van der Waals surface area (Å²) >= 11 is 0. The maximum Gasteiger partial charge on any atom is 0.329 e. The molecule has 184 valence electrons. The number of fused-ring (bicyclic) bond motifs is 1. The molecule has 2 fully saturated rings. The molecule has 0 bridgehead atoms. The van der Waals surface area contributed by atoms with Gasteiger partial charge in [-0.1, -0.05) is 6.07 Å². The van der Waals surface area contributed by atoms with Crippen molar-refractivity contribution in [2.45, 2.75) is 70.4 Å². The number of nitrogens with zero attached hydrogens (tertiary/aromatic N) is 3. The normalized spacial score (nSPS) is 20.5. The maximum absolute atomic E-state index is 13.0. The molecule has 4 rings (SSSR count). The van der Waals surface area contributed by atoms with Crippen LogP contribution in [-0.2, 0) is 26.2 Å². The molecule has 1 unspecified atom stereocenters. The van der Waals surface area contributed by atoms with Crippen LogP contribution in [0.1, 0.15) is 70.4 Å². The van der Waals surface area contributed by atoms with E-state index in [-0.39, 0.29) is 24.0 Å². The quantitative estimate of drug-likeness (QED) is 0.531. The van der Waals surface area contributed by atoms with Crippen LogP contribution in [0.2, 0.25) is 0 Å². The summed E-state index contributed by atoms with van der Waals surface area (Å²) in [6.07, 6.45) is 2.89. The lowest BCUT2D eigenvalue weighted by Gasteiger charge is -2.32. The number of rotatable bonds is 5. The zero-order valence-corrected chi connectivity index (χ0v) is 20.4. The summed E-state index contributed by atoms with van der Waals surface area (Å²) < 4.78 is 8.50. The summed E-state index contributed by atoms with van der Waals surface area (Å²) in [5.41, 5.74) is 1.97. The average Bonchev–Trinajstić information content (AvgIpc) is 3.01. The highest BCUT2D eigenvalue weighted by atomic mass is 16.6. The molecule has 2 aromatic rings. The Morgan fingerprint density at radius 3 is 2.44 bits per heavy atom. The predicted octanol–water partition coefficient (Wildman–Crippen LogP) is 2.23. The summed E-state index contributed by atoms with van der Waals surface area (Å²) in [5, 5.41) is 2.34. The zero-order chi connectivity index (χ0) is 24.6. The molecule has 3 heterocycles. The number of esters is 1. The van der Waals surface area contributed by atoms with Gasteiger partial charge in [-0.2, -0.15) is 0 Å². The van der Waals surface area contributed by atoms with Gasteiger partial charge < -0.3 is 9.64 Å². The molecule has 2 aliphatic heterocycles. The topological polar surface area (TPSA) is 103 Å². The molecule has 1 aromatic carbocycles. The van der Waals surface area contributed by atoms with Gasteiger partial charge in [0.05, 0.1) is 17.5 Å². The number of likely N-dealkylation sites (tertiary alicyclic amines) is 1. The van der Waals surface area contributed by atoms with Crippen LogP contribution in [-0.4, -0.2) is 57.1 Å². The number of nitrogens with one attached hydrogen (secondary N) is 1. The van der Waals surface area contributed by atoms with Crippen LogP contribution in [0.15, 0.2) is 23.0 Å². The Labute approximate surface area is 199 Å². The van der Waals surface area contributed by atoms with E-state index in [4.69, 9.17) is 4.74 Å². The molecule has 9 heteroatoms. The highest BCUT2D eigenvalue weighted by Crippen LogP contribution is 2.31. The Balaban J connectivity index is 1.44. The van der Waals surface area contributed by atoms with Crippen molar-refractivity contribution in [3.63, 3.8) is 0 Å². The van der Waals surface area contributed by atoms with E-state index < -0.39 is 17.6 Å². The van der Waals surface area contributed by atoms with E-state index in [1.54, 1.807) is 11.6 Å². The maximum atomic E-state index is 13.0. The molecule has 0 saturated carbocycles. The molecule has 2 amide bonds. The van der Waals surface area contributed by atoms with E-state index in [0.29, 0.717) is 30.8 Å². The highest BCUT2D eigenvalue weighted by Gasteiger charge is 2.31. The number of amides is 2. The van der Waals surface area contributed by atoms with Gasteiger partial charge in [0.25, 0.3) is 0 Å². The summed E-state index contributed by atoms with van der Waals surface area (Å²) in [6.45, 7) is 8.14. The van der Waals surface area contributed by atoms with E-state index >= 15 is 0 Å². The predicted molar refractivity (Wildman–Crippen MR) is 127 cm³/mol. The lowest BCUT2D eigenvalue weighted by atomic mass is 9.89. The summed E-state index contributed by atoms with van der Waals surface area (Å²) in [6, 6.07) is 5.35. The van der Waals surface area contributed by atoms with Gasteiger partial charge in [0.2, 0.25) is 11.8 Å². The molecule has 2 aliphatic rings. The molecular formula is C25H34N4O5. The van der Waals surface area contributed by atoms with E-state index in [9.17, 15) is 19.2 Å². The van der Waals surface area contributed by atoms with Gasteiger partial charge >= 0.3 is 11.7 Å². The van der Waals surface area contributed by atoms with Gasteiger partial charge in [-0.05, 0) is 76.7 Å². The second-order valence-electron chi connectivity index (χ2n) is 10.4. The first-order chi connectivity index (χ1) is 16.0. The minimum Gasteiger partial charge on any atom is -0.460 e. The Hall–Kier alpha value is -2.94. The first kappa shape index (κ1) is 24.2. The number of hydrogen-bond acceptors (Lipinski definition) is 6. The van der Waals surface area contributed by atoms with Crippen molar-refractivity contribution in [2.75, 3.05) is 19.6 Å². The van der Waals surface area contributed by atoms with Crippen molar-refractivity contribution in [3.8, 4) is 0 Å². The Morgan fingerprint density at radius 2 is 1.79 bits per heavy atom. The average molecular weight is 471 g/mol. The second kappa shape index (κ2) is 9.37. The lowest BCUT2D eigenvalue weighted by Crippen LogP contribution is -2.44. The lowest BCUT2D eigenvalue weighted by molar-refractivity contribution is -0.155. The number of imide groups is 1. The monoisotopic (exact) mass is 470 g/mol. The van der Waals surface area contributed by atoms with Crippen LogP contribution < -0.4 is 11.0 Å². The minimum atomic E-state index is -0.673. The highest BCUT2D eigenvalue weighted by molar-refractivity contribution is 6.00. The van der Waals surface area contributed by atoms with Crippen molar-refractivity contribution < 1.29 is 19.1 Å². The van der Waals surface area contributed by atoms with Crippen LogP contribution in [0.3, 0.4) is 0 Å².